The molecule has 6 heteroatoms. The third-order valence-corrected chi connectivity index (χ3v) is 2.85. The second-order valence-electron chi connectivity index (χ2n) is 3.87. The van der Waals surface area contributed by atoms with Crippen LogP contribution in [0.2, 0.25) is 5.02 Å². The van der Waals surface area contributed by atoms with Gasteiger partial charge in [-0.2, -0.15) is 0 Å². The molecule has 19 heavy (non-hydrogen) atoms. The summed E-state index contributed by atoms with van der Waals surface area (Å²) >= 11 is 5.85. The minimum Gasteiger partial charge on any atom is -0.396 e. The standard InChI is InChI=1S/C13H11ClFN3O/c14-9-3-1-4-10(15)8(9)7-12(19)18-13-11(16)5-2-6-17-13/h1-6H,7,16H2,(H,17,18,19). The van der Waals surface area contributed by atoms with E-state index in [4.69, 9.17) is 17.3 Å². The van der Waals surface area contributed by atoms with Gasteiger partial charge >= 0.3 is 0 Å². The summed E-state index contributed by atoms with van der Waals surface area (Å²) < 4.78 is 13.5. The van der Waals surface area contributed by atoms with E-state index in [9.17, 15) is 9.18 Å². The van der Waals surface area contributed by atoms with Gasteiger partial charge in [-0.1, -0.05) is 17.7 Å². The molecule has 4 nitrogen and oxygen atoms in total. The third kappa shape index (κ3) is 3.20. The number of aromatic nitrogens is 1. The zero-order chi connectivity index (χ0) is 13.8. The minimum atomic E-state index is -0.517. The maximum Gasteiger partial charge on any atom is 0.230 e. The van der Waals surface area contributed by atoms with Crippen LogP contribution in [0.4, 0.5) is 15.9 Å². The predicted octanol–water partition coefficient (Wildman–Crippen LogP) is 2.64. The number of carbonyl (C=O) groups excluding carboxylic acids is 1. The molecule has 0 aliphatic carbocycles. The number of hydrogen-bond acceptors (Lipinski definition) is 3. The fraction of sp³-hybridized carbons (Fsp3) is 0.0769. The van der Waals surface area contributed by atoms with E-state index in [1.165, 1.54) is 24.4 Å². The van der Waals surface area contributed by atoms with E-state index in [0.29, 0.717) is 5.69 Å². The van der Waals surface area contributed by atoms with Gasteiger partial charge in [0.05, 0.1) is 12.1 Å². The molecular formula is C13H11ClFN3O. The minimum absolute atomic E-state index is 0.149. The highest BCUT2D eigenvalue weighted by molar-refractivity contribution is 6.31. The molecule has 3 N–H and O–H groups in total. The van der Waals surface area contributed by atoms with Crippen LogP contribution in [0.5, 0.6) is 0 Å². The van der Waals surface area contributed by atoms with Crippen molar-refractivity contribution in [3.63, 3.8) is 0 Å². The van der Waals surface area contributed by atoms with Crippen LogP contribution in [0.15, 0.2) is 36.5 Å². The molecule has 0 fully saturated rings. The highest BCUT2D eigenvalue weighted by Crippen LogP contribution is 2.20. The number of carbonyl (C=O) groups is 1. The first kappa shape index (κ1) is 13.3. The molecule has 2 rings (SSSR count). The zero-order valence-electron chi connectivity index (χ0n) is 9.86. The van der Waals surface area contributed by atoms with E-state index in [-0.39, 0.29) is 22.8 Å². The van der Waals surface area contributed by atoms with Crippen molar-refractivity contribution in [1.29, 1.82) is 0 Å². The number of nitrogen functional groups attached to an aromatic ring is 1. The van der Waals surface area contributed by atoms with Crippen LogP contribution in [0.1, 0.15) is 5.56 Å². The van der Waals surface area contributed by atoms with E-state index in [1.807, 2.05) is 0 Å². The highest BCUT2D eigenvalue weighted by atomic mass is 35.5. The summed E-state index contributed by atoms with van der Waals surface area (Å²) in [6.45, 7) is 0. The van der Waals surface area contributed by atoms with Crippen molar-refractivity contribution in [1.82, 2.24) is 4.98 Å². The molecule has 1 aromatic carbocycles. The average molecular weight is 280 g/mol. The van der Waals surface area contributed by atoms with Gasteiger partial charge in [0.1, 0.15) is 5.82 Å². The molecule has 1 aromatic heterocycles. The summed E-state index contributed by atoms with van der Waals surface area (Å²) in [5.74, 6) is -0.700. The molecule has 0 unspecified atom stereocenters. The number of anilines is 2. The van der Waals surface area contributed by atoms with Gasteiger partial charge in [-0.05, 0) is 24.3 Å². The zero-order valence-corrected chi connectivity index (χ0v) is 10.6. The molecule has 0 saturated carbocycles. The van der Waals surface area contributed by atoms with Crippen molar-refractivity contribution < 1.29 is 9.18 Å². The van der Waals surface area contributed by atoms with Crippen molar-refractivity contribution in [2.45, 2.75) is 6.42 Å². The number of nitrogens with zero attached hydrogens (tertiary/aromatic N) is 1. The molecule has 0 spiro atoms. The summed E-state index contributed by atoms with van der Waals surface area (Å²) in [5.41, 5.74) is 6.14. The van der Waals surface area contributed by atoms with Crippen LogP contribution in [-0.2, 0) is 11.2 Å². The van der Waals surface area contributed by atoms with Gasteiger partial charge in [-0.3, -0.25) is 4.79 Å². The van der Waals surface area contributed by atoms with Crippen molar-refractivity contribution in [2.75, 3.05) is 11.1 Å². The SMILES string of the molecule is Nc1cccnc1NC(=O)Cc1c(F)cccc1Cl. The van der Waals surface area contributed by atoms with Crippen molar-refractivity contribution in [3.05, 3.63) is 52.9 Å². The lowest BCUT2D eigenvalue weighted by molar-refractivity contribution is -0.115. The topological polar surface area (TPSA) is 68.0 Å². The maximum absolute atomic E-state index is 13.5. The summed E-state index contributed by atoms with van der Waals surface area (Å²) in [6.07, 6.45) is 1.32. The quantitative estimate of drug-likeness (QED) is 0.907. The molecule has 1 amide bonds. The number of hydrogen-bond donors (Lipinski definition) is 2. The van der Waals surface area contributed by atoms with Crippen molar-refractivity contribution >= 4 is 29.0 Å². The smallest absolute Gasteiger partial charge is 0.230 e. The summed E-state index contributed by atoms with van der Waals surface area (Å²) in [7, 11) is 0. The number of rotatable bonds is 3. The molecule has 0 saturated heterocycles. The molecule has 2 aromatic rings. The molecule has 0 aliphatic rings. The van der Waals surface area contributed by atoms with Crippen LogP contribution in [0.3, 0.4) is 0 Å². The number of nitrogens with two attached hydrogens (primary N) is 1. The van der Waals surface area contributed by atoms with Gasteiger partial charge in [0.15, 0.2) is 5.82 Å². The first-order chi connectivity index (χ1) is 9.08. The van der Waals surface area contributed by atoms with E-state index < -0.39 is 11.7 Å². The lowest BCUT2D eigenvalue weighted by Gasteiger charge is -2.08. The van der Waals surface area contributed by atoms with Gasteiger partial charge < -0.3 is 11.1 Å². The second kappa shape index (κ2) is 5.67. The fourth-order valence-electron chi connectivity index (χ4n) is 1.56. The van der Waals surface area contributed by atoms with E-state index in [1.54, 1.807) is 12.1 Å². The van der Waals surface area contributed by atoms with E-state index in [0.717, 1.165) is 0 Å². The largest absolute Gasteiger partial charge is 0.396 e. The number of benzene rings is 1. The Balaban J connectivity index is 2.12. The second-order valence-corrected chi connectivity index (χ2v) is 4.27. The normalized spacial score (nSPS) is 10.2. The molecule has 1 heterocycles. The Morgan fingerprint density at radius 1 is 1.37 bits per heavy atom. The average Bonchev–Trinajstić information content (AvgIpc) is 2.37. The van der Waals surface area contributed by atoms with Crippen LogP contribution < -0.4 is 11.1 Å². The Hall–Kier alpha value is -2.14. The van der Waals surface area contributed by atoms with Crippen LogP contribution >= 0.6 is 11.6 Å². The number of amides is 1. The molecule has 0 atom stereocenters. The first-order valence-corrected chi connectivity index (χ1v) is 5.89. The summed E-state index contributed by atoms with van der Waals surface area (Å²) in [5, 5.41) is 2.72. The molecule has 0 bridgehead atoms. The van der Waals surface area contributed by atoms with Crippen LogP contribution in [-0.4, -0.2) is 10.9 Å². The Morgan fingerprint density at radius 2 is 2.16 bits per heavy atom. The molecule has 98 valence electrons. The first-order valence-electron chi connectivity index (χ1n) is 5.51. The Labute approximate surface area is 114 Å². The molecule has 0 aliphatic heterocycles. The summed E-state index contributed by atoms with van der Waals surface area (Å²) in [4.78, 5) is 15.7. The molecular weight excluding hydrogens is 269 g/mol. The predicted molar refractivity (Wildman–Crippen MR) is 72.4 cm³/mol. The van der Waals surface area contributed by atoms with Crippen molar-refractivity contribution in [2.24, 2.45) is 0 Å². The molecule has 0 radical (unpaired) electrons. The number of halogens is 2. The van der Waals surface area contributed by atoms with Crippen LogP contribution in [0.25, 0.3) is 0 Å². The monoisotopic (exact) mass is 279 g/mol. The number of pyridine rings is 1. The van der Waals surface area contributed by atoms with Crippen molar-refractivity contribution in [3.8, 4) is 0 Å². The lowest BCUT2D eigenvalue weighted by Crippen LogP contribution is -2.17. The number of nitrogens with one attached hydrogen (secondary N) is 1. The lowest BCUT2D eigenvalue weighted by atomic mass is 10.1. The van der Waals surface area contributed by atoms with Gasteiger partial charge in [0.2, 0.25) is 5.91 Å². The maximum atomic E-state index is 13.5. The Morgan fingerprint density at radius 3 is 2.84 bits per heavy atom. The fourth-order valence-corrected chi connectivity index (χ4v) is 1.79. The van der Waals surface area contributed by atoms with Gasteiger partial charge in [-0.15, -0.1) is 0 Å². The van der Waals surface area contributed by atoms with Gasteiger partial charge in [0.25, 0.3) is 0 Å². The Kier molecular flexibility index (Phi) is 3.97. The van der Waals surface area contributed by atoms with E-state index in [2.05, 4.69) is 10.3 Å². The van der Waals surface area contributed by atoms with Gasteiger partial charge in [-0.25, -0.2) is 9.37 Å². The van der Waals surface area contributed by atoms with Crippen LogP contribution in [0, 0.1) is 5.82 Å². The Bertz CT molecular complexity index is 598. The van der Waals surface area contributed by atoms with E-state index >= 15 is 0 Å². The highest BCUT2D eigenvalue weighted by Gasteiger charge is 2.13. The van der Waals surface area contributed by atoms with Gasteiger partial charge in [0, 0.05) is 16.8 Å². The summed E-state index contributed by atoms with van der Waals surface area (Å²) in [6, 6.07) is 7.53. The third-order valence-electron chi connectivity index (χ3n) is 2.50.